The predicted molar refractivity (Wildman–Crippen MR) is 53.7 cm³/mol. The summed E-state index contributed by atoms with van der Waals surface area (Å²) in [7, 11) is 1.55. The highest BCUT2D eigenvalue weighted by Gasteiger charge is 2.20. The molecule has 0 spiro atoms. The van der Waals surface area contributed by atoms with Crippen LogP contribution in [0.3, 0.4) is 0 Å². The van der Waals surface area contributed by atoms with Crippen molar-refractivity contribution in [3.05, 3.63) is 34.9 Å². The van der Waals surface area contributed by atoms with Gasteiger partial charge >= 0.3 is 0 Å². The molecule has 0 aromatic heterocycles. The highest BCUT2D eigenvalue weighted by molar-refractivity contribution is 5.30. The van der Waals surface area contributed by atoms with Crippen LogP contribution in [-0.4, -0.2) is 13.5 Å². The minimum atomic E-state index is -2.37. The molecular formula is C11H15F2N. The number of hydrogen-bond acceptors (Lipinski definition) is 1. The van der Waals surface area contributed by atoms with E-state index in [2.05, 4.69) is 5.32 Å². The van der Waals surface area contributed by atoms with E-state index in [1.807, 2.05) is 19.9 Å². The van der Waals surface area contributed by atoms with Crippen molar-refractivity contribution in [1.29, 1.82) is 0 Å². The van der Waals surface area contributed by atoms with E-state index in [4.69, 9.17) is 0 Å². The molecular weight excluding hydrogens is 184 g/mol. The fourth-order valence-corrected chi connectivity index (χ4v) is 1.63. The Bertz CT molecular complexity index is 290. The van der Waals surface area contributed by atoms with Gasteiger partial charge in [0.1, 0.15) is 0 Å². The molecule has 0 saturated heterocycles. The molecule has 0 bridgehead atoms. The van der Waals surface area contributed by atoms with E-state index in [0.29, 0.717) is 5.56 Å². The number of aryl methyl sites for hydroxylation is 2. The van der Waals surface area contributed by atoms with Crippen molar-refractivity contribution < 1.29 is 8.78 Å². The molecule has 0 aliphatic carbocycles. The zero-order valence-corrected chi connectivity index (χ0v) is 8.64. The van der Waals surface area contributed by atoms with Crippen LogP contribution in [0.5, 0.6) is 0 Å². The quantitative estimate of drug-likeness (QED) is 0.789. The van der Waals surface area contributed by atoms with Gasteiger partial charge in [0.15, 0.2) is 0 Å². The molecule has 1 atom stereocenters. The summed E-state index contributed by atoms with van der Waals surface area (Å²) in [4.78, 5) is 0. The molecule has 0 heterocycles. The van der Waals surface area contributed by atoms with Crippen LogP contribution in [0, 0.1) is 13.8 Å². The fraction of sp³-hybridized carbons (Fsp3) is 0.455. The van der Waals surface area contributed by atoms with Crippen LogP contribution in [0.4, 0.5) is 8.78 Å². The Kier molecular flexibility index (Phi) is 3.58. The van der Waals surface area contributed by atoms with Crippen LogP contribution in [0.1, 0.15) is 22.7 Å². The summed E-state index contributed by atoms with van der Waals surface area (Å²) in [5.41, 5.74) is 2.68. The Hall–Kier alpha value is -0.960. The molecule has 3 heteroatoms. The first-order valence-corrected chi connectivity index (χ1v) is 4.58. The topological polar surface area (TPSA) is 12.0 Å². The zero-order chi connectivity index (χ0) is 10.7. The third kappa shape index (κ3) is 2.51. The molecule has 78 valence electrons. The second kappa shape index (κ2) is 4.51. The molecule has 0 aliphatic heterocycles. The van der Waals surface area contributed by atoms with Gasteiger partial charge in [-0.05, 0) is 26.5 Å². The maximum absolute atomic E-state index is 12.6. The number of hydrogen-bond donors (Lipinski definition) is 1. The highest BCUT2D eigenvalue weighted by atomic mass is 19.3. The van der Waals surface area contributed by atoms with Gasteiger partial charge in [-0.15, -0.1) is 0 Å². The Morgan fingerprint density at radius 2 is 1.57 bits per heavy atom. The third-order valence-electron chi connectivity index (χ3n) is 2.17. The van der Waals surface area contributed by atoms with E-state index < -0.39 is 12.5 Å². The van der Waals surface area contributed by atoms with Gasteiger partial charge in [-0.3, -0.25) is 0 Å². The van der Waals surface area contributed by atoms with Crippen LogP contribution in [0.25, 0.3) is 0 Å². The van der Waals surface area contributed by atoms with Crippen molar-refractivity contribution in [3.63, 3.8) is 0 Å². The summed E-state index contributed by atoms with van der Waals surface area (Å²) in [6, 6.07) is 4.69. The van der Waals surface area contributed by atoms with Gasteiger partial charge < -0.3 is 5.32 Å². The van der Waals surface area contributed by atoms with Gasteiger partial charge in [-0.2, -0.15) is 0 Å². The number of rotatable bonds is 3. The molecule has 0 radical (unpaired) electrons. The summed E-state index contributed by atoms with van der Waals surface area (Å²) in [6.45, 7) is 3.82. The molecule has 14 heavy (non-hydrogen) atoms. The normalized spacial score (nSPS) is 13.3. The summed E-state index contributed by atoms with van der Waals surface area (Å²) in [5, 5.41) is 2.62. The number of alkyl halides is 2. The van der Waals surface area contributed by atoms with Gasteiger partial charge in [0.25, 0.3) is 6.43 Å². The van der Waals surface area contributed by atoms with Crippen LogP contribution in [0.15, 0.2) is 18.2 Å². The molecule has 1 unspecified atom stereocenters. The first-order chi connectivity index (χ1) is 6.54. The average molecular weight is 199 g/mol. The van der Waals surface area contributed by atoms with Crippen molar-refractivity contribution in [2.45, 2.75) is 26.3 Å². The predicted octanol–water partition coefficient (Wildman–Crippen LogP) is 2.83. The molecule has 1 N–H and O–H groups in total. The van der Waals surface area contributed by atoms with Crippen molar-refractivity contribution in [2.75, 3.05) is 7.05 Å². The SMILES string of the molecule is CNC(c1cc(C)cc(C)c1)C(F)F. The van der Waals surface area contributed by atoms with Crippen molar-refractivity contribution in [1.82, 2.24) is 5.32 Å². The highest BCUT2D eigenvalue weighted by Crippen LogP contribution is 2.22. The Balaban J connectivity index is 3.04. The molecule has 1 rings (SSSR count). The maximum Gasteiger partial charge on any atom is 0.257 e. The van der Waals surface area contributed by atoms with Crippen LogP contribution < -0.4 is 5.32 Å². The monoisotopic (exact) mass is 199 g/mol. The van der Waals surface area contributed by atoms with E-state index in [1.165, 1.54) is 0 Å². The third-order valence-corrected chi connectivity index (χ3v) is 2.17. The standard InChI is InChI=1S/C11H15F2N/c1-7-4-8(2)6-9(5-7)10(14-3)11(12)13/h4-6,10-11,14H,1-3H3. The Morgan fingerprint density at radius 3 is 1.93 bits per heavy atom. The summed E-state index contributed by atoms with van der Waals surface area (Å²) < 4.78 is 25.2. The van der Waals surface area contributed by atoms with Gasteiger partial charge in [0.05, 0.1) is 6.04 Å². The average Bonchev–Trinajstić information content (AvgIpc) is 2.02. The minimum absolute atomic E-state index is 0.653. The maximum atomic E-state index is 12.6. The molecule has 0 amide bonds. The summed E-state index contributed by atoms with van der Waals surface area (Å²) in [6.07, 6.45) is -2.37. The molecule has 1 aromatic carbocycles. The van der Waals surface area contributed by atoms with Gasteiger partial charge in [-0.1, -0.05) is 29.3 Å². The lowest BCUT2D eigenvalue weighted by Crippen LogP contribution is -2.23. The second-order valence-electron chi connectivity index (χ2n) is 3.52. The first-order valence-electron chi connectivity index (χ1n) is 4.58. The fourth-order valence-electron chi connectivity index (χ4n) is 1.63. The molecule has 1 aromatic rings. The number of halogens is 2. The largest absolute Gasteiger partial charge is 0.308 e. The minimum Gasteiger partial charge on any atom is -0.308 e. The van der Waals surface area contributed by atoms with Crippen molar-refractivity contribution in [2.24, 2.45) is 0 Å². The van der Waals surface area contributed by atoms with E-state index in [0.717, 1.165) is 11.1 Å². The first kappa shape index (κ1) is 11.1. The molecule has 0 saturated carbocycles. The molecule has 1 nitrogen and oxygen atoms in total. The van der Waals surface area contributed by atoms with E-state index in [9.17, 15) is 8.78 Å². The Morgan fingerprint density at radius 1 is 1.07 bits per heavy atom. The van der Waals surface area contributed by atoms with E-state index in [1.54, 1.807) is 19.2 Å². The zero-order valence-electron chi connectivity index (χ0n) is 8.64. The summed E-state index contributed by atoms with van der Waals surface area (Å²) >= 11 is 0. The van der Waals surface area contributed by atoms with Crippen molar-refractivity contribution >= 4 is 0 Å². The summed E-state index contributed by atoms with van der Waals surface area (Å²) in [5.74, 6) is 0. The van der Waals surface area contributed by atoms with Crippen molar-refractivity contribution in [3.8, 4) is 0 Å². The van der Waals surface area contributed by atoms with E-state index >= 15 is 0 Å². The number of nitrogens with one attached hydrogen (secondary N) is 1. The van der Waals surface area contributed by atoms with Crippen LogP contribution in [-0.2, 0) is 0 Å². The van der Waals surface area contributed by atoms with Crippen LogP contribution >= 0.6 is 0 Å². The van der Waals surface area contributed by atoms with Crippen LogP contribution in [0.2, 0.25) is 0 Å². The molecule has 0 aliphatic rings. The van der Waals surface area contributed by atoms with Gasteiger partial charge in [0.2, 0.25) is 0 Å². The van der Waals surface area contributed by atoms with E-state index in [-0.39, 0.29) is 0 Å². The molecule has 0 fully saturated rings. The number of benzene rings is 1. The lowest BCUT2D eigenvalue weighted by molar-refractivity contribution is 0.102. The Labute approximate surface area is 83.1 Å². The van der Waals surface area contributed by atoms with Gasteiger partial charge in [-0.25, -0.2) is 8.78 Å². The van der Waals surface area contributed by atoms with Gasteiger partial charge in [0, 0.05) is 0 Å². The lowest BCUT2D eigenvalue weighted by atomic mass is 10.0. The lowest BCUT2D eigenvalue weighted by Gasteiger charge is -2.16. The second-order valence-corrected chi connectivity index (χ2v) is 3.52. The smallest absolute Gasteiger partial charge is 0.257 e.